The second-order valence-corrected chi connectivity index (χ2v) is 12.4. The summed E-state index contributed by atoms with van der Waals surface area (Å²) in [6.07, 6.45) is -7.53. The number of aromatic nitrogens is 7. The van der Waals surface area contributed by atoms with Crippen LogP contribution in [0.1, 0.15) is 17.2 Å². The van der Waals surface area contributed by atoms with E-state index in [9.17, 15) is 13.9 Å². The number of hydrogen-bond donors (Lipinski definition) is 3. The van der Waals surface area contributed by atoms with Crippen LogP contribution in [0.3, 0.4) is 0 Å². The highest BCUT2D eigenvalue weighted by atomic mass is 32.1. The first-order valence-electron chi connectivity index (χ1n) is 12.8. The molecule has 3 aliphatic rings. The fraction of sp³-hybridized carbons (Fsp3) is 0.524. The van der Waals surface area contributed by atoms with Gasteiger partial charge in [0.2, 0.25) is 5.95 Å². The van der Waals surface area contributed by atoms with E-state index in [2.05, 4.69) is 29.3 Å². The van der Waals surface area contributed by atoms with Gasteiger partial charge in [0.15, 0.2) is 41.6 Å². The van der Waals surface area contributed by atoms with Gasteiger partial charge < -0.3 is 25.7 Å². The molecule has 0 aliphatic carbocycles. The van der Waals surface area contributed by atoms with Gasteiger partial charge in [-0.15, -0.1) is 18.1 Å². The third-order valence-corrected chi connectivity index (χ3v) is 9.70. The molecule has 7 rings (SSSR count). The maximum atomic E-state index is 15.8. The predicted molar refractivity (Wildman–Crippen MR) is 146 cm³/mol. The summed E-state index contributed by atoms with van der Waals surface area (Å²) >= 11 is 0.902. The van der Waals surface area contributed by atoms with Crippen molar-refractivity contribution < 1.29 is 45.8 Å². The number of fused-ring (bicyclic) bond motifs is 5. The van der Waals surface area contributed by atoms with Crippen molar-refractivity contribution in [1.29, 1.82) is 0 Å². The molecule has 0 amide bonds. The zero-order chi connectivity index (χ0) is 30.7. The van der Waals surface area contributed by atoms with Crippen molar-refractivity contribution in [3.63, 3.8) is 0 Å². The molecule has 0 spiro atoms. The highest BCUT2D eigenvalue weighted by Gasteiger charge is 2.57. The predicted octanol–water partition coefficient (Wildman–Crippen LogP) is 1.21. The first kappa shape index (κ1) is 29.5. The number of hydrogen-bond acceptors (Lipinski definition) is 18. The SMILES string of the molecule is CO[C@H]1[C@H]2O[P+](=O)OC[C@H]3O[C@@H](n4cnc5c(N)ncnc54)[C@H](F)[C@@H]3O[P+](=O)OC[C@H]1O[C@H]2c1snc2c(=O)[nH]c(N)nc12. The summed E-state index contributed by atoms with van der Waals surface area (Å²) in [6.45, 7) is -0.866. The van der Waals surface area contributed by atoms with Gasteiger partial charge in [-0.05, 0) is 11.5 Å². The van der Waals surface area contributed by atoms with Crippen LogP contribution in [-0.2, 0) is 41.4 Å². The number of imidazole rings is 1. The summed E-state index contributed by atoms with van der Waals surface area (Å²) in [4.78, 5) is 31.3. The van der Waals surface area contributed by atoms with Crippen LogP contribution in [0.25, 0.3) is 22.2 Å². The monoisotopic (exact) mass is 673 g/mol. The van der Waals surface area contributed by atoms with E-state index in [0.29, 0.717) is 4.88 Å². The van der Waals surface area contributed by atoms with Gasteiger partial charge in [0, 0.05) is 16.2 Å². The van der Waals surface area contributed by atoms with Gasteiger partial charge in [-0.2, -0.15) is 4.37 Å². The molecule has 44 heavy (non-hydrogen) atoms. The van der Waals surface area contributed by atoms with Crippen LogP contribution in [-0.4, -0.2) is 90.9 Å². The van der Waals surface area contributed by atoms with E-state index in [0.717, 1.165) is 11.5 Å². The highest BCUT2D eigenvalue weighted by Crippen LogP contribution is 2.47. The maximum absolute atomic E-state index is 15.8. The van der Waals surface area contributed by atoms with Gasteiger partial charge in [-0.1, -0.05) is 0 Å². The molecular weight excluding hydrogens is 651 g/mol. The van der Waals surface area contributed by atoms with Crippen molar-refractivity contribution in [2.75, 3.05) is 31.8 Å². The number of nitrogens with zero attached hydrogens (tertiary/aromatic N) is 6. The number of ether oxygens (including phenoxy) is 3. The van der Waals surface area contributed by atoms with Crippen molar-refractivity contribution in [2.24, 2.45) is 0 Å². The summed E-state index contributed by atoms with van der Waals surface area (Å²) in [5, 5.41) is 0. The van der Waals surface area contributed by atoms with Crippen LogP contribution in [0.15, 0.2) is 17.4 Å². The fourth-order valence-electron chi connectivity index (χ4n) is 5.30. The Morgan fingerprint density at radius 1 is 1.05 bits per heavy atom. The first-order chi connectivity index (χ1) is 21.2. The van der Waals surface area contributed by atoms with Crippen LogP contribution in [0.4, 0.5) is 16.2 Å². The number of rotatable bonds is 3. The number of methoxy groups -OCH3 is 1. The lowest BCUT2D eigenvalue weighted by Gasteiger charge is -2.17. The number of nitrogens with two attached hydrogens (primary N) is 2. The fourth-order valence-corrected chi connectivity index (χ4v) is 7.72. The molecule has 3 fully saturated rings. The lowest BCUT2D eigenvalue weighted by atomic mass is 10.1. The van der Waals surface area contributed by atoms with E-state index in [4.69, 9.17) is 43.8 Å². The van der Waals surface area contributed by atoms with Crippen LogP contribution in [0, 0.1) is 0 Å². The minimum Gasteiger partial charge on any atom is -0.382 e. The number of H-pyrrole nitrogens is 1. The second kappa shape index (κ2) is 11.6. The minimum absolute atomic E-state index is 0.0151. The van der Waals surface area contributed by atoms with E-state index < -0.39 is 77.7 Å². The van der Waals surface area contributed by atoms with Crippen molar-refractivity contribution in [2.45, 2.75) is 49.0 Å². The van der Waals surface area contributed by atoms with Crippen LogP contribution >= 0.6 is 28.0 Å². The Morgan fingerprint density at radius 3 is 2.57 bits per heavy atom. The Labute approximate surface area is 250 Å². The van der Waals surface area contributed by atoms with Crippen molar-refractivity contribution in [3.8, 4) is 0 Å². The normalized spacial score (nSPS) is 33.2. The zero-order valence-electron chi connectivity index (χ0n) is 22.3. The Morgan fingerprint density at radius 2 is 1.80 bits per heavy atom. The maximum Gasteiger partial charge on any atom is 0.697 e. The summed E-state index contributed by atoms with van der Waals surface area (Å²) < 4.78 is 87.1. The van der Waals surface area contributed by atoms with Crippen LogP contribution in [0.5, 0.6) is 0 Å². The molecule has 3 aliphatic heterocycles. The summed E-state index contributed by atoms with van der Waals surface area (Å²) in [6, 6.07) is 0. The molecule has 2 unspecified atom stereocenters. The van der Waals surface area contributed by atoms with Crippen LogP contribution in [0.2, 0.25) is 0 Å². The summed E-state index contributed by atoms with van der Waals surface area (Å²) in [5.74, 6) is -0.0692. The van der Waals surface area contributed by atoms with E-state index in [1.165, 1.54) is 24.3 Å². The molecule has 0 radical (unpaired) electrons. The van der Waals surface area contributed by atoms with Crippen LogP contribution < -0.4 is 17.0 Å². The molecule has 7 heterocycles. The number of alkyl halides is 1. The average Bonchev–Trinajstić information content (AvgIpc) is 3.75. The molecule has 5 N–H and O–H groups in total. The zero-order valence-corrected chi connectivity index (χ0v) is 24.9. The lowest BCUT2D eigenvalue weighted by molar-refractivity contribution is -0.0445. The number of nitrogen functional groups attached to an aromatic ring is 2. The first-order valence-corrected chi connectivity index (χ1v) is 15.8. The van der Waals surface area contributed by atoms with E-state index in [1.54, 1.807) is 0 Å². The number of halogens is 1. The topological polar surface area (TPSA) is 253 Å². The quantitative estimate of drug-likeness (QED) is 0.258. The third kappa shape index (κ3) is 5.04. The Bertz CT molecular complexity index is 1830. The minimum atomic E-state index is -2.94. The molecule has 19 nitrogen and oxygen atoms in total. The van der Waals surface area contributed by atoms with Gasteiger partial charge in [0.05, 0.1) is 11.2 Å². The van der Waals surface area contributed by atoms with Crippen molar-refractivity contribution in [1.82, 2.24) is 33.9 Å². The van der Waals surface area contributed by atoms with Gasteiger partial charge in [-0.3, -0.25) is 14.3 Å². The van der Waals surface area contributed by atoms with E-state index in [1.807, 2.05) is 0 Å². The number of anilines is 2. The molecule has 10 atom stereocenters. The largest absolute Gasteiger partial charge is 0.697 e. The highest BCUT2D eigenvalue weighted by molar-refractivity contribution is 7.33. The molecule has 2 bridgehead atoms. The second-order valence-electron chi connectivity index (χ2n) is 9.76. The summed E-state index contributed by atoms with van der Waals surface area (Å²) in [5.41, 5.74) is 11.6. The van der Waals surface area contributed by atoms with E-state index in [-0.39, 0.29) is 40.6 Å². The molecule has 232 valence electrons. The van der Waals surface area contributed by atoms with Gasteiger partial charge in [-0.25, -0.2) is 24.3 Å². The molecule has 0 saturated carbocycles. The number of nitrogens with one attached hydrogen (secondary N) is 1. The molecule has 23 heteroatoms. The smallest absolute Gasteiger partial charge is 0.382 e. The van der Waals surface area contributed by atoms with E-state index >= 15 is 4.39 Å². The van der Waals surface area contributed by atoms with Gasteiger partial charge >= 0.3 is 16.5 Å². The Balaban J connectivity index is 1.17. The average molecular weight is 673 g/mol. The standard InChI is InChI=1S/C21H21FN9O10P2S/c1-35-13-7-3-37-42(33)40-12-6(39-20(8(12)22)31-5-27-11-17(23)25-4-26-18(11)31)2-36-43(34)41-14(13)15(38-7)16-9-10(30-44-16)19(32)29-21(24)28-9/h4-8,12-15,20H,2-3H2,1H3,(H4-,23,24,25,26,28,29,32)/q+1/p+1/t6-,7-,8-,12-,13-,14-,15-,20-/m1/s1. The Kier molecular flexibility index (Phi) is 7.78. The summed E-state index contributed by atoms with van der Waals surface area (Å²) in [7, 11) is -4.49. The molecule has 4 aromatic rings. The lowest BCUT2D eigenvalue weighted by Crippen LogP contribution is -2.35. The van der Waals surface area contributed by atoms with Gasteiger partial charge in [0.1, 0.15) is 55.0 Å². The molecule has 3 saturated heterocycles. The molecular formula is C21H22FN9O10P2S+2. The number of aromatic amines is 1. The molecule has 0 aromatic carbocycles. The van der Waals surface area contributed by atoms with Gasteiger partial charge in [0.25, 0.3) is 5.56 Å². The Hall–Kier alpha value is -3.23. The van der Waals surface area contributed by atoms with Crippen molar-refractivity contribution >= 4 is 62.0 Å². The van der Waals surface area contributed by atoms with Crippen molar-refractivity contribution in [3.05, 3.63) is 27.9 Å². The third-order valence-electron chi connectivity index (χ3n) is 7.25. The molecule has 4 aromatic heterocycles.